The molecule has 3 amide bonds. The Morgan fingerprint density at radius 3 is 2.61 bits per heavy atom. The van der Waals surface area contributed by atoms with Crippen LogP contribution in [0.5, 0.6) is 11.5 Å². The monoisotopic (exact) mass is 493 g/mol. The van der Waals surface area contributed by atoms with Gasteiger partial charge in [0.15, 0.2) is 11.5 Å². The topological polar surface area (TPSA) is 97.4 Å². The Hall–Kier alpha value is -3.75. The summed E-state index contributed by atoms with van der Waals surface area (Å²) in [4.78, 5) is 42.3. The second kappa shape index (κ2) is 10.1. The Kier molecular flexibility index (Phi) is 6.71. The van der Waals surface area contributed by atoms with E-state index >= 15 is 0 Å². The first-order valence-corrected chi connectivity index (χ1v) is 12.5. The van der Waals surface area contributed by atoms with Crippen LogP contribution in [0.15, 0.2) is 36.4 Å². The van der Waals surface area contributed by atoms with Crippen LogP contribution in [0.4, 0.5) is 4.79 Å². The van der Waals surface area contributed by atoms with E-state index in [0.717, 1.165) is 11.1 Å². The van der Waals surface area contributed by atoms with Gasteiger partial charge in [0, 0.05) is 25.7 Å². The molecule has 1 atom stereocenters. The third-order valence-corrected chi connectivity index (χ3v) is 7.06. The van der Waals surface area contributed by atoms with Gasteiger partial charge in [-0.1, -0.05) is 18.2 Å². The Morgan fingerprint density at radius 2 is 1.86 bits per heavy atom. The van der Waals surface area contributed by atoms with Crippen molar-refractivity contribution in [3.63, 3.8) is 0 Å². The van der Waals surface area contributed by atoms with Gasteiger partial charge in [-0.05, 0) is 56.0 Å². The number of carbonyl (C=O) groups excluding carboxylic acids is 3. The van der Waals surface area contributed by atoms with E-state index in [4.69, 9.17) is 14.2 Å². The van der Waals surface area contributed by atoms with Gasteiger partial charge < -0.3 is 29.3 Å². The molecule has 2 aromatic carbocycles. The number of hydrogen-bond donors (Lipinski definition) is 1. The van der Waals surface area contributed by atoms with Crippen molar-refractivity contribution in [1.29, 1.82) is 0 Å². The molecule has 5 rings (SSSR count). The standard InChI is InChI=1S/C27H31N3O6/c1-3-34-27(33)29-11-9-20(10-12-29)30-16-19-5-4-6-21(24(19)26(30)32)25(31)28-17(2)18-7-8-22-23(15-18)36-14-13-35-22/h4-8,15,17,20H,3,9-14,16H2,1-2H3,(H,28,31)/t17-/m0/s1. The zero-order valence-electron chi connectivity index (χ0n) is 20.6. The summed E-state index contributed by atoms with van der Waals surface area (Å²) in [6.45, 7) is 6.61. The summed E-state index contributed by atoms with van der Waals surface area (Å²) in [5.74, 6) is 0.947. The van der Waals surface area contributed by atoms with Gasteiger partial charge in [0.25, 0.3) is 11.8 Å². The maximum Gasteiger partial charge on any atom is 0.409 e. The maximum absolute atomic E-state index is 13.5. The number of hydrogen-bond acceptors (Lipinski definition) is 6. The molecule has 0 saturated carbocycles. The largest absolute Gasteiger partial charge is 0.486 e. The van der Waals surface area contributed by atoms with Crippen LogP contribution in [0.3, 0.4) is 0 Å². The normalized spacial score (nSPS) is 18.0. The lowest BCUT2D eigenvalue weighted by atomic mass is 10.0. The van der Waals surface area contributed by atoms with Gasteiger partial charge in [-0.3, -0.25) is 9.59 Å². The first kappa shape index (κ1) is 24.0. The van der Waals surface area contributed by atoms with Gasteiger partial charge in [-0.25, -0.2) is 4.79 Å². The fourth-order valence-electron chi connectivity index (χ4n) is 5.13. The van der Waals surface area contributed by atoms with Crippen molar-refractivity contribution in [2.45, 2.75) is 45.3 Å². The molecular formula is C27H31N3O6. The van der Waals surface area contributed by atoms with Gasteiger partial charge in [0.1, 0.15) is 13.2 Å². The maximum atomic E-state index is 13.5. The van der Waals surface area contributed by atoms with Crippen molar-refractivity contribution in [3.8, 4) is 11.5 Å². The van der Waals surface area contributed by atoms with Crippen molar-refractivity contribution in [2.75, 3.05) is 32.9 Å². The molecule has 0 unspecified atom stereocenters. The Bertz CT molecular complexity index is 1170. The number of piperidine rings is 1. The highest BCUT2D eigenvalue weighted by atomic mass is 16.6. The van der Waals surface area contributed by atoms with E-state index in [1.807, 2.05) is 42.2 Å². The molecule has 0 radical (unpaired) electrons. The van der Waals surface area contributed by atoms with E-state index in [1.54, 1.807) is 17.9 Å². The molecule has 190 valence electrons. The number of ether oxygens (including phenoxy) is 3. The van der Waals surface area contributed by atoms with Gasteiger partial charge in [-0.15, -0.1) is 0 Å². The van der Waals surface area contributed by atoms with Gasteiger partial charge in [0.05, 0.1) is 23.8 Å². The zero-order chi connectivity index (χ0) is 25.2. The van der Waals surface area contributed by atoms with Crippen molar-refractivity contribution < 1.29 is 28.6 Å². The Morgan fingerprint density at radius 1 is 1.11 bits per heavy atom. The Balaban J connectivity index is 1.27. The van der Waals surface area contributed by atoms with E-state index in [1.165, 1.54) is 0 Å². The summed E-state index contributed by atoms with van der Waals surface area (Å²) in [5, 5.41) is 3.03. The predicted octanol–water partition coefficient (Wildman–Crippen LogP) is 3.53. The third-order valence-electron chi connectivity index (χ3n) is 7.06. The first-order chi connectivity index (χ1) is 17.5. The van der Waals surface area contributed by atoms with Crippen LogP contribution in [-0.4, -0.2) is 66.7 Å². The molecule has 0 spiro atoms. The van der Waals surface area contributed by atoms with Crippen LogP contribution < -0.4 is 14.8 Å². The summed E-state index contributed by atoms with van der Waals surface area (Å²) >= 11 is 0. The molecular weight excluding hydrogens is 462 g/mol. The number of likely N-dealkylation sites (tertiary alicyclic amines) is 1. The van der Waals surface area contributed by atoms with E-state index in [-0.39, 0.29) is 30.0 Å². The molecule has 0 aliphatic carbocycles. The number of fused-ring (bicyclic) bond motifs is 2. The number of nitrogens with one attached hydrogen (secondary N) is 1. The zero-order valence-corrected chi connectivity index (χ0v) is 20.6. The van der Waals surface area contributed by atoms with Crippen LogP contribution in [0, 0.1) is 0 Å². The highest BCUT2D eigenvalue weighted by Crippen LogP contribution is 2.34. The number of carbonyl (C=O) groups is 3. The predicted molar refractivity (Wildman–Crippen MR) is 131 cm³/mol. The average Bonchev–Trinajstić information content (AvgIpc) is 3.25. The summed E-state index contributed by atoms with van der Waals surface area (Å²) in [5.41, 5.74) is 2.60. The fourth-order valence-corrected chi connectivity index (χ4v) is 5.13. The molecule has 36 heavy (non-hydrogen) atoms. The lowest BCUT2D eigenvalue weighted by Crippen LogP contribution is -2.47. The SMILES string of the molecule is CCOC(=O)N1CCC(N2Cc3cccc(C(=O)N[C@@H](C)c4ccc5c(c4)OCCO5)c3C2=O)CC1. The van der Waals surface area contributed by atoms with Crippen molar-refractivity contribution in [1.82, 2.24) is 15.1 Å². The fraction of sp³-hybridized carbons (Fsp3) is 0.444. The van der Waals surface area contributed by atoms with Crippen LogP contribution >= 0.6 is 0 Å². The van der Waals surface area contributed by atoms with Crippen LogP contribution in [0.2, 0.25) is 0 Å². The lowest BCUT2D eigenvalue weighted by molar-refractivity contribution is 0.0556. The quantitative estimate of drug-likeness (QED) is 0.685. The van der Waals surface area contributed by atoms with E-state index < -0.39 is 0 Å². The van der Waals surface area contributed by atoms with Crippen LogP contribution in [-0.2, 0) is 11.3 Å². The van der Waals surface area contributed by atoms with Crippen molar-refractivity contribution in [3.05, 3.63) is 58.7 Å². The minimum atomic E-state index is -0.307. The summed E-state index contributed by atoms with van der Waals surface area (Å²) in [7, 11) is 0. The van der Waals surface area contributed by atoms with E-state index in [9.17, 15) is 14.4 Å². The summed E-state index contributed by atoms with van der Waals surface area (Å²) in [6, 6.07) is 10.8. The number of rotatable bonds is 5. The van der Waals surface area contributed by atoms with Gasteiger partial charge in [0.2, 0.25) is 0 Å². The van der Waals surface area contributed by atoms with Crippen molar-refractivity contribution in [2.24, 2.45) is 0 Å². The van der Waals surface area contributed by atoms with Crippen molar-refractivity contribution >= 4 is 17.9 Å². The minimum Gasteiger partial charge on any atom is -0.486 e. The molecule has 2 aromatic rings. The second-order valence-corrected chi connectivity index (χ2v) is 9.29. The second-order valence-electron chi connectivity index (χ2n) is 9.29. The van der Waals surface area contributed by atoms with Crippen LogP contribution in [0.1, 0.15) is 64.6 Å². The van der Waals surface area contributed by atoms with Gasteiger partial charge in [-0.2, -0.15) is 0 Å². The molecule has 1 N–H and O–H groups in total. The molecule has 3 aliphatic heterocycles. The minimum absolute atomic E-state index is 0.0168. The smallest absolute Gasteiger partial charge is 0.409 e. The Labute approximate surface area is 210 Å². The molecule has 3 aliphatic rings. The number of benzene rings is 2. The van der Waals surface area contributed by atoms with E-state index in [2.05, 4.69) is 5.32 Å². The highest BCUT2D eigenvalue weighted by Gasteiger charge is 2.37. The molecule has 3 heterocycles. The molecule has 0 aromatic heterocycles. The highest BCUT2D eigenvalue weighted by molar-refractivity contribution is 6.09. The van der Waals surface area contributed by atoms with E-state index in [0.29, 0.717) is 74.9 Å². The first-order valence-electron chi connectivity index (χ1n) is 12.5. The average molecular weight is 494 g/mol. The molecule has 9 nitrogen and oxygen atoms in total. The van der Waals surface area contributed by atoms with Gasteiger partial charge >= 0.3 is 6.09 Å². The summed E-state index contributed by atoms with van der Waals surface area (Å²) < 4.78 is 16.3. The number of nitrogens with zero attached hydrogens (tertiary/aromatic N) is 2. The molecule has 9 heteroatoms. The molecule has 1 saturated heterocycles. The lowest BCUT2D eigenvalue weighted by Gasteiger charge is -2.36. The molecule has 0 bridgehead atoms. The third kappa shape index (κ3) is 4.57. The number of amides is 3. The summed E-state index contributed by atoms with van der Waals surface area (Å²) in [6.07, 6.45) is 1.06. The van der Waals surface area contributed by atoms with Crippen LogP contribution in [0.25, 0.3) is 0 Å². The molecule has 1 fully saturated rings.